The van der Waals surface area contributed by atoms with Gasteiger partial charge in [-0.05, 0) is 12.5 Å². The van der Waals surface area contributed by atoms with Crippen LogP contribution in [0.3, 0.4) is 0 Å². The van der Waals surface area contributed by atoms with Crippen molar-refractivity contribution in [2.45, 2.75) is 13.3 Å². The number of hydrogen-bond donors (Lipinski definition) is 2. The van der Waals surface area contributed by atoms with Crippen LogP contribution in [0.2, 0.25) is 0 Å². The number of anilines is 1. The number of nitrogens with two attached hydrogens (primary N) is 1. The molecule has 1 aromatic rings. The quantitative estimate of drug-likeness (QED) is 0.332. The fourth-order valence-corrected chi connectivity index (χ4v) is 1.11. The van der Waals surface area contributed by atoms with E-state index in [1.807, 2.05) is 0 Å². The highest BCUT2D eigenvalue weighted by Gasteiger charge is 2.11. The molecule has 0 fully saturated rings. The lowest BCUT2D eigenvalue weighted by Crippen LogP contribution is -2.03. The maximum Gasteiger partial charge on any atom is 0.270 e. The maximum atomic E-state index is 10.5. The second-order valence-corrected chi connectivity index (χ2v) is 2.86. The maximum absolute atomic E-state index is 10.5. The largest absolute Gasteiger partial charge is 0.398 e. The van der Waals surface area contributed by atoms with Gasteiger partial charge in [-0.2, -0.15) is 0 Å². The molecule has 0 spiro atoms. The Morgan fingerprint density at radius 3 is 2.79 bits per heavy atom. The molecule has 0 aromatic heterocycles. The number of nitrogens with zero attached hydrogens (tertiary/aromatic N) is 1. The van der Waals surface area contributed by atoms with Gasteiger partial charge < -0.3 is 11.1 Å². The Bertz CT molecular complexity index is 388. The molecule has 0 heterocycles. The minimum atomic E-state index is -0.494. The molecular weight excluding hydrogens is 182 g/mol. The van der Waals surface area contributed by atoms with Gasteiger partial charge in [0.1, 0.15) is 0 Å². The van der Waals surface area contributed by atoms with Crippen molar-refractivity contribution in [2.24, 2.45) is 0 Å². The first-order chi connectivity index (χ1) is 6.56. The number of hydrogen-bond acceptors (Lipinski definition) is 4. The Kier molecular flexibility index (Phi) is 2.81. The number of nitrogen functional groups attached to an aromatic ring is 1. The summed E-state index contributed by atoms with van der Waals surface area (Å²) >= 11 is 0. The molecule has 0 amide bonds. The molecule has 0 radical (unpaired) electrons. The summed E-state index contributed by atoms with van der Waals surface area (Å²) in [6.07, 6.45) is 0.505. The predicted molar refractivity (Wildman–Crippen MR) is 54.6 cm³/mol. The van der Waals surface area contributed by atoms with E-state index in [2.05, 4.69) is 0 Å². The molecule has 0 bridgehead atoms. The lowest BCUT2D eigenvalue weighted by Gasteiger charge is -2.04. The summed E-state index contributed by atoms with van der Waals surface area (Å²) in [5.41, 5.74) is 6.73. The van der Waals surface area contributed by atoms with Crippen LogP contribution in [0, 0.1) is 15.5 Å². The molecule has 0 aliphatic heterocycles. The van der Waals surface area contributed by atoms with Crippen LogP contribution in [0.1, 0.15) is 18.9 Å². The number of nitro benzene ring substituents is 1. The van der Waals surface area contributed by atoms with Crippen molar-refractivity contribution in [3.05, 3.63) is 33.9 Å². The van der Waals surface area contributed by atoms with E-state index in [-0.39, 0.29) is 5.69 Å². The second-order valence-electron chi connectivity index (χ2n) is 2.86. The average Bonchev–Trinajstić information content (AvgIpc) is 2.17. The van der Waals surface area contributed by atoms with Gasteiger partial charge in [-0.1, -0.05) is 6.92 Å². The van der Waals surface area contributed by atoms with Gasteiger partial charge in [0.05, 0.1) is 4.92 Å². The second kappa shape index (κ2) is 3.87. The van der Waals surface area contributed by atoms with Crippen LogP contribution in [-0.4, -0.2) is 10.6 Å². The molecule has 5 nitrogen and oxygen atoms in total. The first-order valence-corrected chi connectivity index (χ1v) is 4.18. The number of nitro groups is 1. The number of rotatable bonds is 3. The third kappa shape index (κ3) is 1.87. The molecule has 0 saturated carbocycles. The minimum absolute atomic E-state index is 0.0348. The molecule has 3 N–H and O–H groups in total. The number of benzene rings is 1. The van der Waals surface area contributed by atoms with E-state index in [1.165, 1.54) is 18.2 Å². The summed E-state index contributed by atoms with van der Waals surface area (Å²) in [5, 5.41) is 18.0. The Morgan fingerprint density at radius 2 is 2.29 bits per heavy atom. The molecule has 1 aromatic carbocycles. The van der Waals surface area contributed by atoms with Gasteiger partial charge in [0, 0.05) is 29.1 Å². The molecular formula is C9H11N3O2. The Hall–Kier alpha value is -1.91. The zero-order valence-electron chi connectivity index (χ0n) is 7.78. The number of non-ortho nitro benzene ring substituents is 1. The third-order valence-corrected chi connectivity index (χ3v) is 1.93. The summed E-state index contributed by atoms with van der Waals surface area (Å²) in [6, 6.07) is 4.13. The molecule has 5 heteroatoms. The predicted octanol–water partition coefficient (Wildman–Crippen LogP) is 1.95. The van der Waals surface area contributed by atoms with Crippen LogP contribution in [0.4, 0.5) is 11.4 Å². The van der Waals surface area contributed by atoms with Crippen molar-refractivity contribution in [1.29, 1.82) is 5.41 Å². The monoisotopic (exact) mass is 193 g/mol. The topological polar surface area (TPSA) is 93.0 Å². The highest BCUT2D eigenvalue weighted by molar-refractivity contribution is 6.02. The Morgan fingerprint density at radius 1 is 1.64 bits per heavy atom. The lowest BCUT2D eigenvalue weighted by atomic mass is 10.1. The van der Waals surface area contributed by atoms with Crippen LogP contribution in [-0.2, 0) is 0 Å². The van der Waals surface area contributed by atoms with Crippen molar-refractivity contribution in [3.63, 3.8) is 0 Å². The summed E-state index contributed by atoms with van der Waals surface area (Å²) in [7, 11) is 0. The molecule has 0 aliphatic carbocycles. The molecule has 0 aliphatic rings. The zero-order valence-corrected chi connectivity index (χ0v) is 7.78. The molecule has 0 unspecified atom stereocenters. The van der Waals surface area contributed by atoms with E-state index < -0.39 is 4.92 Å². The first kappa shape index (κ1) is 10.2. The van der Waals surface area contributed by atoms with Crippen LogP contribution in [0.5, 0.6) is 0 Å². The summed E-state index contributed by atoms with van der Waals surface area (Å²) in [6.45, 7) is 1.81. The number of nitrogens with one attached hydrogen (secondary N) is 1. The van der Waals surface area contributed by atoms with E-state index in [9.17, 15) is 10.1 Å². The van der Waals surface area contributed by atoms with E-state index in [0.717, 1.165) is 0 Å². The van der Waals surface area contributed by atoms with E-state index in [4.69, 9.17) is 11.1 Å². The van der Waals surface area contributed by atoms with Crippen LogP contribution in [0.25, 0.3) is 0 Å². The van der Waals surface area contributed by atoms with Gasteiger partial charge in [0.2, 0.25) is 0 Å². The van der Waals surface area contributed by atoms with E-state index in [0.29, 0.717) is 23.4 Å². The smallest absolute Gasteiger partial charge is 0.270 e. The van der Waals surface area contributed by atoms with Crippen molar-refractivity contribution < 1.29 is 4.92 Å². The van der Waals surface area contributed by atoms with Gasteiger partial charge in [-0.3, -0.25) is 10.1 Å². The normalized spacial score (nSPS) is 9.79. The van der Waals surface area contributed by atoms with Crippen molar-refractivity contribution in [3.8, 4) is 0 Å². The summed E-state index contributed by atoms with van der Waals surface area (Å²) < 4.78 is 0. The lowest BCUT2D eigenvalue weighted by molar-refractivity contribution is -0.384. The van der Waals surface area contributed by atoms with E-state index in [1.54, 1.807) is 6.92 Å². The highest BCUT2D eigenvalue weighted by atomic mass is 16.6. The van der Waals surface area contributed by atoms with Crippen LogP contribution < -0.4 is 5.73 Å². The van der Waals surface area contributed by atoms with E-state index >= 15 is 0 Å². The molecule has 14 heavy (non-hydrogen) atoms. The third-order valence-electron chi connectivity index (χ3n) is 1.93. The minimum Gasteiger partial charge on any atom is -0.398 e. The average molecular weight is 193 g/mol. The van der Waals surface area contributed by atoms with Crippen LogP contribution in [0.15, 0.2) is 18.2 Å². The van der Waals surface area contributed by atoms with Gasteiger partial charge in [0.25, 0.3) is 5.69 Å². The molecule has 0 saturated heterocycles. The van der Waals surface area contributed by atoms with Gasteiger partial charge in [-0.25, -0.2) is 0 Å². The Balaban J connectivity index is 3.21. The van der Waals surface area contributed by atoms with Crippen molar-refractivity contribution in [1.82, 2.24) is 0 Å². The van der Waals surface area contributed by atoms with Gasteiger partial charge in [0.15, 0.2) is 0 Å². The Labute approximate surface area is 81.2 Å². The van der Waals surface area contributed by atoms with Crippen molar-refractivity contribution in [2.75, 3.05) is 5.73 Å². The summed E-state index contributed by atoms with van der Waals surface area (Å²) in [4.78, 5) is 9.98. The first-order valence-electron chi connectivity index (χ1n) is 4.18. The zero-order chi connectivity index (χ0) is 10.7. The fourth-order valence-electron chi connectivity index (χ4n) is 1.11. The summed E-state index contributed by atoms with van der Waals surface area (Å²) in [5.74, 6) is 0. The standard InChI is InChI=1S/C9H11N3O2/c1-2-8(10)7-5-6(12(13)14)3-4-9(7)11/h3-5,10H,2,11H2,1H3. The van der Waals surface area contributed by atoms with Crippen LogP contribution >= 0.6 is 0 Å². The van der Waals surface area contributed by atoms with Gasteiger partial charge in [-0.15, -0.1) is 0 Å². The molecule has 0 atom stereocenters. The van der Waals surface area contributed by atoms with Crippen molar-refractivity contribution >= 4 is 17.1 Å². The molecule has 1 rings (SSSR count). The SMILES string of the molecule is CCC(=N)c1cc([N+](=O)[O-])ccc1N. The fraction of sp³-hybridized carbons (Fsp3) is 0.222. The highest BCUT2D eigenvalue weighted by Crippen LogP contribution is 2.20. The van der Waals surface area contributed by atoms with Gasteiger partial charge >= 0.3 is 0 Å². The molecule has 74 valence electrons.